The molecule has 1 amide bonds. The van der Waals surface area contributed by atoms with Crippen molar-refractivity contribution in [2.75, 3.05) is 13.1 Å². The van der Waals surface area contributed by atoms with E-state index >= 15 is 0 Å². The van der Waals surface area contributed by atoms with Gasteiger partial charge in [-0.25, -0.2) is 4.98 Å². The Morgan fingerprint density at radius 3 is 3.08 bits per heavy atom. The molecule has 1 N–H and O–H groups in total. The molecule has 0 saturated carbocycles. The number of likely N-dealkylation sites (tertiary alicyclic amines) is 1. The summed E-state index contributed by atoms with van der Waals surface area (Å²) in [6.45, 7) is 3.61. The van der Waals surface area contributed by atoms with Crippen LogP contribution in [0.1, 0.15) is 26.8 Å². The Hall–Kier alpha value is -2.54. The van der Waals surface area contributed by atoms with Gasteiger partial charge in [-0.15, -0.1) is 11.3 Å². The van der Waals surface area contributed by atoms with E-state index in [1.807, 2.05) is 36.1 Å². The lowest BCUT2D eigenvalue weighted by Gasteiger charge is -2.15. The second-order valence-electron chi connectivity index (χ2n) is 6.37. The lowest BCUT2D eigenvalue weighted by Crippen LogP contribution is -2.28. The highest BCUT2D eigenvalue weighted by atomic mass is 32.1. The number of nitrogens with zero attached hydrogens (tertiary/aromatic N) is 4. The molecule has 0 aliphatic carbocycles. The summed E-state index contributed by atoms with van der Waals surface area (Å²) >= 11 is 1.56. The van der Waals surface area contributed by atoms with Crippen LogP contribution in [-0.4, -0.2) is 44.1 Å². The first-order valence-electron chi connectivity index (χ1n) is 8.36. The number of thiophene rings is 1. The van der Waals surface area contributed by atoms with Crippen LogP contribution < -0.4 is 0 Å². The van der Waals surface area contributed by atoms with Gasteiger partial charge in [0, 0.05) is 42.3 Å². The minimum absolute atomic E-state index is 0.147. The Morgan fingerprint density at radius 2 is 2.32 bits per heavy atom. The lowest BCUT2D eigenvalue weighted by molar-refractivity contribution is 0.0791. The molecular weight excluding hydrogens is 334 g/mol. The maximum atomic E-state index is 12.5. The van der Waals surface area contributed by atoms with Gasteiger partial charge in [-0.1, -0.05) is 0 Å². The van der Waals surface area contributed by atoms with Crippen molar-refractivity contribution in [2.24, 2.45) is 5.92 Å². The van der Waals surface area contributed by atoms with Crippen LogP contribution in [-0.2, 0) is 6.42 Å². The van der Waals surface area contributed by atoms with Gasteiger partial charge in [0.1, 0.15) is 5.82 Å². The largest absolute Gasteiger partial charge is 0.338 e. The predicted molar refractivity (Wildman–Crippen MR) is 96.4 cm³/mol. The highest BCUT2D eigenvalue weighted by molar-refractivity contribution is 7.13. The van der Waals surface area contributed by atoms with Gasteiger partial charge in [0.25, 0.3) is 5.91 Å². The van der Waals surface area contributed by atoms with Crippen molar-refractivity contribution in [2.45, 2.75) is 19.8 Å². The van der Waals surface area contributed by atoms with E-state index in [0.717, 1.165) is 42.2 Å². The minimum Gasteiger partial charge on any atom is -0.338 e. The minimum atomic E-state index is 0.147. The number of aromatic amines is 1. The highest BCUT2D eigenvalue weighted by Crippen LogP contribution is 2.24. The van der Waals surface area contributed by atoms with E-state index in [4.69, 9.17) is 0 Å². The number of pyridine rings is 1. The molecule has 1 fully saturated rings. The summed E-state index contributed by atoms with van der Waals surface area (Å²) in [4.78, 5) is 25.2. The first-order chi connectivity index (χ1) is 12.2. The summed E-state index contributed by atoms with van der Waals surface area (Å²) in [6.07, 6.45) is 5.29. The van der Waals surface area contributed by atoms with Crippen LogP contribution in [0.25, 0.3) is 11.4 Å². The van der Waals surface area contributed by atoms with Crippen molar-refractivity contribution in [3.8, 4) is 11.4 Å². The fraction of sp³-hybridized carbons (Fsp3) is 0.333. The Balaban J connectivity index is 1.38. The van der Waals surface area contributed by atoms with Crippen molar-refractivity contribution in [3.63, 3.8) is 0 Å². The molecule has 3 aromatic heterocycles. The second-order valence-corrected chi connectivity index (χ2v) is 7.66. The van der Waals surface area contributed by atoms with Crippen molar-refractivity contribution >= 4 is 17.2 Å². The van der Waals surface area contributed by atoms with Crippen molar-refractivity contribution in [3.05, 3.63) is 52.2 Å². The first kappa shape index (κ1) is 16.0. The molecule has 7 heteroatoms. The van der Waals surface area contributed by atoms with E-state index in [2.05, 4.69) is 20.2 Å². The van der Waals surface area contributed by atoms with Crippen LogP contribution in [0.5, 0.6) is 0 Å². The van der Waals surface area contributed by atoms with Crippen molar-refractivity contribution < 1.29 is 4.79 Å². The number of H-pyrrole nitrogens is 1. The van der Waals surface area contributed by atoms with Gasteiger partial charge in [0.05, 0.1) is 4.88 Å². The summed E-state index contributed by atoms with van der Waals surface area (Å²) in [5.74, 6) is 2.10. The number of carbonyl (C=O) groups is 1. The molecule has 3 aromatic rings. The third kappa shape index (κ3) is 3.46. The SMILES string of the molecule is Cc1ccc(C(=O)N2CCC(Cc3nc(-c4cccnc4)n[nH]3)C2)s1. The molecule has 4 rings (SSSR count). The number of nitrogens with one attached hydrogen (secondary N) is 1. The molecule has 25 heavy (non-hydrogen) atoms. The van der Waals surface area contributed by atoms with Gasteiger partial charge in [-0.2, -0.15) is 5.10 Å². The van der Waals surface area contributed by atoms with Gasteiger partial charge in [0.2, 0.25) is 0 Å². The zero-order chi connectivity index (χ0) is 17.2. The third-order valence-corrected chi connectivity index (χ3v) is 5.45. The Morgan fingerprint density at radius 1 is 1.40 bits per heavy atom. The smallest absolute Gasteiger partial charge is 0.263 e. The second kappa shape index (κ2) is 6.76. The van der Waals surface area contributed by atoms with E-state index in [0.29, 0.717) is 11.7 Å². The first-order valence-corrected chi connectivity index (χ1v) is 9.18. The van der Waals surface area contributed by atoms with Crippen LogP contribution in [0.15, 0.2) is 36.7 Å². The van der Waals surface area contributed by atoms with Gasteiger partial charge in [-0.3, -0.25) is 14.9 Å². The van der Waals surface area contributed by atoms with Gasteiger partial charge in [0.15, 0.2) is 5.82 Å². The van der Waals surface area contributed by atoms with Crippen LogP contribution in [0.2, 0.25) is 0 Å². The molecule has 4 heterocycles. The summed E-state index contributed by atoms with van der Waals surface area (Å²) in [5.41, 5.74) is 0.904. The summed E-state index contributed by atoms with van der Waals surface area (Å²) in [6, 6.07) is 7.74. The third-order valence-electron chi connectivity index (χ3n) is 4.46. The summed E-state index contributed by atoms with van der Waals surface area (Å²) in [5, 5.41) is 7.30. The molecule has 0 radical (unpaired) electrons. The number of aromatic nitrogens is 4. The van der Waals surface area contributed by atoms with E-state index in [1.165, 1.54) is 4.88 Å². The van der Waals surface area contributed by atoms with Crippen LogP contribution >= 0.6 is 11.3 Å². The molecule has 1 atom stereocenters. The molecule has 0 spiro atoms. The van der Waals surface area contributed by atoms with E-state index in [-0.39, 0.29) is 5.91 Å². The summed E-state index contributed by atoms with van der Waals surface area (Å²) in [7, 11) is 0. The van der Waals surface area contributed by atoms with Crippen molar-refractivity contribution in [1.29, 1.82) is 0 Å². The quantitative estimate of drug-likeness (QED) is 0.782. The molecule has 1 aliphatic rings. The van der Waals surface area contributed by atoms with Gasteiger partial charge in [-0.05, 0) is 43.5 Å². The highest BCUT2D eigenvalue weighted by Gasteiger charge is 2.28. The molecule has 0 bridgehead atoms. The Bertz CT molecular complexity index is 872. The van der Waals surface area contributed by atoms with Gasteiger partial charge >= 0.3 is 0 Å². The number of hydrogen-bond donors (Lipinski definition) is 1. The monoisotopic (exact) mass is 353 g/mol. The molecular formula is C18H19N5OS. The molecule has 128 valence electrons. The fourth-order valence-corrected chi connectivity index (χ4v) is 4.01. The lowest BCUT2D eigenvalue weighted by atomic mass is 10.1. The van der Waals surface area contributed by atoms with Crippen LogP contribution in [0.4, 0.5) is 0 Å². The standard InChI is InChI=1S/C18H19N5OS/c1-12-4-5-15(25-12)18(24)23-8-6-13(11-23)9-16-20-17(22-21-16)14-3-2-7-19-10-14/h2-5,7,10,13H,6,8-9,11H2,1H3,(H,20,21,22). The molecule has 1 unspecified atom stereocenters. The maximum Gasteiger partial charge on any atom is 0.263 e. The Kier molecular flexibility index (Phi) is 4.31. The molecule has 0 aromatic carbocycles. The number of rotatable bonds is 4. The molecule has 1 aliphatic heterocycles. The average Bonchev–Trinajstić information content (AvgIpc) is 3.37. The Labute approximate surface area is 149 Å². The normalized spacial score (nSPS) is 17.2. The summed E-state index contributed by atoms with van der Waals surface area (Å²) < 4.78 is 0. The topological polar surface area (TPSA) is 74.8 Å². The van der Waals surface area contributed by atoms with Crippen LogP contribution in [0, 0.1) is 12.8 Å². The van der Waals surface area contributed by atoms with Crippen molar-refractivity contribution in [1.82, 2.24) is 25.1 Å². The zero-order valence-corrected chi connectivity index (χ0v) is 14.8. The fourth-order valence-electron chi connectivity index (χ4n) is 3.17. The predicted octanol–water partition coefficient (Wildman–Crippen LogP) is 2.94. The molecule has 6 nitrogen and oxygen atoms in total. The van der Waals surface area contributed by atoms with Crippen LogP contribution in [0.3, 0.4) is 0 Å². The van der Waals surface area contributed by atoms with Gasteiger partial charge < -0.3 is 4.90 Å². The average molecular weight is 353 g/mol. The van der Waals surface area contributed by atoms with E-state index < -0.39 is 0 Å². The number of hydrogen-bond acceptors (Lipinski definition) is 5. The molecule has 1 saturated heterocycles. The maximum absolute atomic E-state index is 12.5. The number of carbonyl (C=O) groups excluding carboxylic acids is 1. The zero-order valence-electron chi connectivity index (χ0n) is 14.0. The number of aryl methyl sites for hydroxylation is 1. The number of amides is 1. The van der Waals surface area contributed by atoms with E-state index in [9.17, 15) is 4.79 Å². The van der Waals surface area contributed by atoms with E-state index in [1.54, 1.807) is 23.7 Å².